The number of hydrogen-bond acceptors (Lipinski definition) is 9. The van der Waals surface area contributed by atoms with Gasteiger partial charge in [0.2, 0.25) is 16.0 Å². The number of anilines is 2. The quantitative estimate of drug-likeness (QED) is 0.300. The number of nitrogen functional groups attached to an aromatic ring is 1. The van der Waals surface area contributed by atoms with Crippen molar-refractivity contribution in [1.82, 2.24) is 9.97 Å². The molecule has 34 heavy (non-hydrogen) atoms. The number of primary sulfonamides is 1. The van der Waals surface area contributed by atoms with Crippen molar-refractivity contribution in [3.63, 3.8) is 0 Å². The second-order valence-electron chi connectivity index (χ2n) is 6.87. The first-order chi connectivity index (χ1) is 15.7. The van der Waals surface area contributed by atoms with Crippen LogP contribution in [0.4, 0.5) is 24.9 Å². The number of nitrogens with zero attached hydrogens (tertiary/aromatic N) is 2. The maximum atomic E-state index is 12.6. The van der Waals surface area contributed by atoms with E-state index in [4.69, 9.17) is 10.9 Å². The van der Waals surface area contributed by atoms with Crippen molar-refractivity contribution in [3.8, 4) is 17.0 Å². The summed E-state index contributed by atoms with van der Waals surface area (Å²) in [6.07, 6.45) is 0.489. The Morgan fingerprint density at radius 1 is 0.971 bits per heavy atom. The van der Waals surface area contributed by atoms with Crippen molar-refractivity contribution >= 4 is 31.9 Å². The van der Waals surface area contributed by atoms with Gasteiger partial charge in [-0.25, -0.2) is 18.5 Å². The summed E-state index contributed by atoms with van der Waals surface area (Å²) < 4.78 is 87.0. The van der Waals surface area contributed by atoms with Crippen LogP contribution in [0.15, 0.2) is 59.5 Å². The Hall–Kier alpha value is -3.43. The first-order valence-electron chi connectivity index (χ1n) is 9.36. The highest BCUT2D eigenvalue weighted by Gasteiger charge is 2.48. The average molecular weight is 518 g/mol. The van der Waals surface area contributed by atoms with Crippen LogP contribution in [0.25, 0.3) is 11.3 Å². The summed E-state index contributed by atoms with van der Waals surface area (Å²) in [6, 6.07) is 12.4. The lowest BCUT2D eigenvalue weighted by Gasteiger charge is -2.11. The van der Waals surface area contributed by atoms with Gasteiger partial charge in [-0.05, 0) is 36.2 Å². The number of sulfonamides is 1. The zero-order chi connectivity index (χ0) is 25.1. The summed E-state index contributed by atoms with van der Waals surface area (Å²) in [4.78, 5) is 8.05. The Morgan fingerprint density at radius 3 is 2.26 bits per heavy atom. The van der Waals surface area contributed by atoms with E-state index in [1.165, 1.54) is 30.3 Å². The first-order valence-corrected chi connectivity index (χ1v) is 12.3. The lowest BCUT2D eigenvalue weighted by atomic mass is 10.1. The van der Waals surface area contributed by atoms with Crippen LogP contribution in [0.5, 0.6) is 5.75 Å². The summed E-state index contributed by atoms with van der Waals surface area (Å²) in [6.45, 7) is 0.373. The smallest absolute Gasteiger partial charge is 0.376 e. The lowest BCUT2D eigenvalue weighted by Crippen LogP contribution is -2.28. The van der Waals surface area contributed by atoms with Gasteiger partial charge in [-0.15, -0.1) is 0 Å². The number of nitrogens with one attached hydrogen (secondary N) is 1. The minimum Gasteiger partial charge on any atom is -0.376 e. The summed E-state index contributed by atoms with van der Waals surface area (Å²) >= 11 is 0. The highest BCUT2D eigenvalue weighted by Crippen LogP contribution is 2.30. The van der Waals surface area contributed by atoms with E-state index in [-0.39, 0.29) is 22.1 Å². The molecule has 0 aliphatic carbocycles. The molecule has 0 atom stereocenters. The molecule has 10 nitrogen and oxygen atoms in total. The molecule has 0 radical (unpaired) electrons. The van der Waals surface area contributed by atoms with E-state index in [1.54, 1.807) is 12.1 Å². The standard InChI is InChI=1S/C19H18F3N5O5S2/c20-19(21,22)34(30,31)32-14-3-1-2-13(10-14)16-11-17(27-18(23)26-16)25-9-8-12-4-6-15(7-5-12)33(24,28)29/h1-7,10-11H,8-9H2,(H2,24,28,29)(H3,23,25,26,27). The molecule has 1 aromatic heterocycles. The third kappa shape index (κ3) is 6.33. The second-order valence-corrected chi connectivity index (χ2v) is 9.97. The monoisotopic (exact) mass is 517 g/mol. The molecule has 0 unspecified atom stereocenters. The molecule has 0 spiro atoms. The third-order valence-electron chi connectivity index (χ3n) is 4.33. The Bertz CT molecular complexity index is 1400. The normalized spacial score (nSPS) is 12.4. The Balaban J connectivity index is 1.73. The molecule has 0 saturated heterocycles. The van der Waals surface area contributed by atoms with Gasteiger partial charge in [-0.3, -0.25) is 0 Å². The Kier molecular flexibility index (Phi) is 6.99. The molecule has 2 aromatic carbocycles. The predicted molar refractivity (Wildman–Crippen MR) is 117 cm³/mol. The van der Waals surface area contributed by atoms with E-state index in [0.29, 0.717) is 18.8 Å². The number of benzene rings is 2. The molecule has 0 fully saturated rings. The molecule has 0 amide bonds. The van der Waals surface area contributed by atoms with Gasteiger partial charge in [-0.2, -0.15) is 26.6 Å². The van der Waals surface area contributed by atoms with E-state index in [9.17, 15) is 30.0 Å². The second kappa shape index (κ2) is 9.44. The van der Waals surface area contributed by atoms with Crippen molar-refractivity contribution in [1.29, 1.82) is 0 Å². The third-order valence-corrected chi connectivity index (χ3v) is 6.24. The zero-order valence-corrected chi connectivity index (χ0v) is 18.8. The van der Waals surface area contributed by atoms with Crippen LogP contribution >= 0.6 is 0 Å². The molecular weight excluding hydrogens is 499 g/mol. The number of hydrogen-bond donors (Lipinski definition) is 3. The molecule has 5 N–H and O–H groups in total. The maximum absolute atomic E-state index is 12.6. The molecule has 0 bridgehead atoms. The van der Waals surface area contributed by atoms with Crippen LogP contribution in [0.1, 0.15) is 5.56 Å². The van der Waals surface area contributed by atoms with Crippen molar-refractivity contribution in [2.75, 3.05) is 17.6 Å². The van der Waals surface area contributed by atoms with Crippen LogP contribution in [0.2, 0.25) is 0 Å². The highest BCUT2D eigenvalue weighted by atomic mass is 32.2. The summed E-state index contributed by atoms with van der Waals surface area (Å²) in [5.74, 6) is -0.380. The summed E-state index contributed by atoms with van der Waals surface area (Å²) in [5, 5.41) is 8.08. The van der Waals surface area contributed by atoms with Gasteiger partial charge in [0.05, 0.1) is 10.6 Å². The molecule has 3 aromatic rings. The van der Waals surface area contributed by atoms with Crippen LogP contribution in [0, 0.1) is 0 Å². The predicted octanol–water partition coefficient (Wildman–Crippen LogP) is 2.26. The lowest BCUT2D eigenvalue weighted by molar-refractivity contribution is -0.0500. The van der Waals surface area contributed by atoms with Gasteiger partial charge in [-0.1, -0.05) is 24.3 Å². The highest BCUT2D eigenvalue weighted by molar-refractivity contribution is 7.89. The number of halogens is 3. The average Bonchev–Trinajstić information content (AvgIpc) is 2.72. The van der Waals surface area contributed by atoms with E-state index < -0.39 is 31.4 Å². The van der Waals surface area contributed by atoms with Gasteiger partial charge in [0.1, 0.15) is 11.6 Å². The topological polar surface area (TPSA) is 167 Å². The molecule has 182 valence electrons. The van der Waals surface area contributed by atoms with Crippen LogP contribution < -0.4 is 20.4 Å². The van der Waals surface area contributed by atoms with E-state index in [1.807, 2.05) is 0 Å². The number of nitrogens with two attached hydrogens (primary N) is 2. The largest absolute Gasteiger partial charge is 0.534 e. The molecule has 15 heteroatoms. The molecule has 0 saturated carbocycles. The van der Waals surface area contributed by atoms with Crippen LogP contribution in [0.3, 0.4) is 0 Å². The molecule has 3 rings (SSSR count). The number of aromatic nitrogens is 2. The van der Waals surface area contributed by atoms with E-state index >= 15 is 0 Å². The molecule has 1 heterocycles. The molecule has 0 aliphatic rings. The minimum absolute atomic E-state index is 0.00771. The molecule has 0 aliphatic heterocycles. The fourth-order valence-corrected chi connectivity index (χ4v) is 3.73. The number of alkyl halides is 3. The number of rotatable bonds is 8. The van der Waals surface area contributed by atoms with Crippen LogP contribution in [-0.2, 0) is 26.6 Å². The summed E-state index contributed by atoms with van der Waals surface area (Å²) in [7, 11) is -9.61. The van der Waals surface area contributed by atoms with Crippen molar-refractivity contribution in [2.24, 2.45) is 5.14 Å². The minimum atomic E-state index is -5.83. The van der Waals surface area contributed by atoms with E-state index in [2.05, 4.69) is 19.5 Å². The van der Waals surface area contributed by atoms with Crippen molar-refractivity contribution in [2.45, 2.75) is 16.8 Å². The fourth-order valence-electron chi connectivity index (χ4n) is 2.77. The van der Waals surface area contributed by atoms with Gasteiger partial charge in [0.15, 0.2) is 0 Å². The first kappa shape index (κ1) is 25.2. The van der Waals surface area contributed by atoms with Crippen LogP contribution in [-0.4, -0.2) is 38.9 Å². The van der Waals surface area contributed by atoms with Gasteiger partial charge < -0.3 is 15.2 Å². The fraction of sp³-hybridized carbons (Fsp3) is 0.158. The summed E-state index contributed by atoms with van der Waals surface area (Å²) in [5.41, 5.74) is 1.43. The van der Waals surface area contributed by atoms with E-state index in [0.717, 1.165) is 17.7 Å². The zero-order valence-electron chi connectivity index (χ0n) is 17.2. The van der Waals surface area contributed by atoms with Gasteiger partial charge in [0.25, 0.3) is 0 Å². The molecular formula is C19H18F3N5O5S2. The van der Waals surface area contributed by atoms with Gasteiger partial charge in [0, 0.05) is 18.2 Å². The van der Waals surface area contributed by atoms with Crippen molar-refractivity contribution < 1.29 is 34.2 Å². The Morgan fingerprint density at radius 2 is 1.65 bits per heavy atom. The Labute approximate surface area is 193 Å². The SMILES string of the molecule is Nc1nc(NCCc2ccc(S(N)(=O)=O)cc2)cc(-c2cccc(OS(=O)(=O)C(F)(F)F)c2)n1. The van der Waals surface area contributed by atoms with Crippen molar-refractivity contribution in [3.05, 3.63) is 60.2 Å². The maximum Gasteiger partial charge on any atom is 0.534 e. The van der Waals surface area contributed by atoms with Gasteiger partial charge >= 0.3 is 15.6 Å².